The highest BCUT2D eigenvalue weighted by Crippen LogP contribution is 2.79. The third-order valence-corrected chi connectivity index (χ3v) is 6.29. The molecule has 0 aliphatic heterocycles. The summed E-state index contributed by atoms with van der Waals surface area (Å²) in [5, 5.41) is 10.9. The fourth-order valence-electron chi connectivity index (χ4n) is 4.59. The first-order valence-corrected chi connectivity index (χ1v) is 9.35. The van der Waals surface area contributed by atoms with E-state index in [9.17, 15) is 14.9 Å². The van der Waals surface area contributed by atoms with Crippen LogP contribution in [0.25, 0.3) is 0 Å². The highest BCUT2D eigenvalue weighted by Gasteiger charge is 2.87. The number of nitrogens with zero attached hydrogens (tertiary/aromatic N) is 1. The van der Waals surface area contributed by atoms with Crippen molar-refractivity contribution in [3.63, 3.8) is 0 Å². The van der Waals surface area contributed by atoms with E-state index in [0.717, 1.165) is 5.56 Å². The molecule has 2 aliphatic rings. The number of fused-ring (bicyclic) bond motifs is 1. The second-order valence-electron chi connectivity index (χ2n) is 6.87. The van der Waals surface area contributed by atoms with Crippen LogP contribution in [0, 0.1) is 22.2 Å². The zero-order valence-corrected chi connectivity index (χ0v) is 16.0. The van der Waals surface area contributed by atoms with Gasteiger partial charge in [-0.15, -0.1) is 0 Å². The standard InChI is InChI=1S/C21H15Cl2NO3/c1-2-27-19(26)21(11-24)17(15-8-7-13(22)9-16(15)23)20(21)10-12-5-3-4-6-14(12)18(20)25/h3-9,17H,2,10H2,1H3/t17-,20+,21+/m0/s1. The average Bonchev–Trinajstić information content (AvgIpc) is 3.13. The van der Waals surface area contributed by atoms with Crippen LogP contribution >= 0.6 is 23.2 Å². The van der Waals surface area contributed by atoms with Gasteiger partial charge in [-0.3, -0.25) is 9.59 Å². The second kappa shape index (κ2) is 6.09. The number of carbonyl (C=O) groups is 2. The van der Waals surface area contributed by atoms with Crippen LogP contribution in [0.4, 0.5) is 0 Å². The van der Waals surface area contributed by atoms with Gasteiger partial charge in [0.05, 0.1) is 18.1 Å². The Hall–Kier alpha value is -2.35. The molecule has 0 amide bonds. The molecule has 0 saturated heterocycles. The van der Waals surface area contributed by atoms with Crippen LogP contribution in [0.15, 0.2) is 42.5 Å². The van der Waals surface area contributed by atoms with Gasteiger partial charge in [0.2, 0.25) is 0 Å². The van der Waals surface area contributed by atoms with Gasteiger partial charge in [0.15, 0.2) is 11.2 Å². The molecule has 3 atom stereocenters. The summed E-state index contributed by atoms with van der Waals surface area (Å²) < 4.78 is 5.23. The monoisotopic (exact) mass is 399 g/mol. The van der Waals surface area contributed by atoms with Crippen molar-refractivity contribution in [3.05, 3.63) is 69.2 Å². The minimum atomic E-state index is -1.60. The highest BCUT2D eigenvalue weighted by molar-refractivity contribution is 6.35. The van der Waals surface area contributed by atoms with Crippen molar-refractivity contribution in [1.29, 1.82) is 5.26 Å². The summed E-state index contributed by atoms with van der Waals surface area (Å²) in [5.74, 6) is -1.56. The number of benzene rings is 2. The first kappa shape index (κ1) is 18.0. The van der Waals surface area contributed by atoms with E-state index in [0.29, 0.717) is 27.6 Å². The molecule has 136 valence electrons. The molecule has 1 saturated carbocycles. The molecule has 1 fully saturated rings. The summed E-state index contributed by atoms with van der Waals surface area (Å²) in [7, 11) is 0. The van der Waals surface area contributed by atoms with Gasteiger partial charge in [0.25, 0.3) is 0 Å². The van der Waals surface area contributed by atoms with Gasteiger partial charge in [-0.25, -0.2) is 0 Å². The van der Waals surface area contributed by atoms with Gasteiger partial charge in [0, 0.05) is 21.5 Å². The Morgan fingerprint density at radius 1 is 1.30 bits per heavy atom. The average molecular weight is 400 g/mol. The van der Waals surface area contributed by atoms with E-state index in [4.69, 9.17) is 27.9 Å². The van der Waals surface area contributed by atoms with E-state index < -0.39 is 22.7 Å². The molecule has 2 aliphatic carbocycles. The summed E-state index contributed by atoms with van der Waals surface area (Å²) in [4.78, 5) is 26.3. The number of hydrogen-bond acceptors (Lipinski definition) is 4. The van der Waals surface area contributed by atoms with Crippen molar-refractivity contribution in [2.45, 2.75) is 19.3 Å². The Balaban J connectivity index is 1.93. The number of esters is 1. The van der Waals surface area contributed by atoms with Gasteiger partial charge in [0.1, 0.15) is 0 Å². The smallest absolute Gasteiger partial charge is 0.328 e. The van der Waals surface area contributed by atoms with E-state index in [1.165, 1.54) is 0 Å². The number of Topliss-reactive ketones (excluding diaryl/α,β-unsaturated/α-hetero) is 1. The zero-order valence-electron chi connectivity index (χ0n) is 14.5. The molecule has 0 heterocycles. The first-order chi connectivity index (χ1) is 12.9. The van der Waals surface area contributed by atoms with Gasteiger partial charge in [-0.05, 0) is 36.6 Å². The fourth-order valence-corrected chi connectivity index (χ4v) is 5.11. The fraction of sp³-hybridized carbons (Fsp3) is 0.286. The van der Waals surface area contributed by atoms with Crippen LogP contribution in [-0.2, 0) is 16.0 Å². The SMILES string of the molecule is CCOC(=O)[C@@]1(C#N)[C@@H](c2ccc(Cl)cc2Cl)[C@@]12Cc1ccccc1C2=O. The minimum Gasteiger partial charge on any atom is -0.465 e. The van der Waals surface area contributed by atoms with Gasteiger partial charge in [-0.2, -0.15) is 5.26 Å². The van der Waals surface area contributed by atoms with E-state index >= 15 is 0 Å². The van der Waals surface area contributed by atoms with E-state index in [1.54, 1.807) is 37.3 Å². The maximum Gasteiger partial charge on any atom is 0.328 e. The number of halogens is 2. The number of rotatable bonds is 3. The molecule has 0 N–H and O–H groups in total. The van der Waals surface area contributed by atoms with Crippen LogP contribution in [0.5, 0.6) is 0 Å². The van der Waals surface area contributed by atoms with Crippen LogP contribution in [0.2, 0.25) is 10.0 Å². The largest absolute Gasteiger partial charge is 0.465 e. The van der Waals surface area contributed by atoms with E-state index in [2.05, 4.69) is 6.07 Å². The molecule has 4 nitrogen and oxygen atoms in total. The summed E-state index contributed by atoms with van der Waals surface area (Å²) in [5.41, 5.74) is -0.851. The highest BCUT2D eigenvalue weighted by atomic mass is 35.5. The Morgan fingerprint density at radius 3 is 2.67 bits per heavy atom. The normalized spacial score (nSPS) is 27.9. The predicted molar refractivity (Wildman–Crippen MR) is 101 cm³/mol. The number of ketones is 1. The third-order valence-electron chi connectivity index (χ3n) is 5.73. The molecule has 4 rings (SSSR count). The van der Waals surface area contributed by atoms with Crippen LogP contribution in [0.1, 0.15) is 34.3 Å². The lowest BCUT2D eigenvalue weighted by Crippen LogP contribution is -2.28. The Bertz CT molecular complexity index is 1030. The predicted octanol–water partition coefficient (Wildman–Crippen LogP) is 4.59. The maximum atomic E-state index is 13.4. The Labute approximate surface area is 166 Å². The quantitative estimate of drug-likeness (QED) is 0.707. The molecular weight excluding hydrogens is 385 g/mol. The molecule has 0 radical (unpaired) electrons. The lowest BCUT2D eigenvalue weighted by atomic mass is 9.89. The van der Waals surface area contributed by atoms with Gasteiger partial charge >= 0.3 is 5.97 Å². The van der Waals surface area contributed by atoms with E-state index in [-0.39, 0.29) is 12.4 Å². The summed E-state index contributed by atoms with van der Waals surface area (Å²) in [6, 6.07) is 14.2. The molecule has 6 heteroatoms. The molecule has 0 unspecified atom stereocenters. The number of carbonyl (C=O) groups excluding carboxylic acids is 2. The zero-order chi connectivity index (χ0) is 19.4. The van der Waals surface area contributed by atoms with Crippen LogP contribution in [0.3, 0.4) is 0 Å². The maximum absolute atomic E-state index is 13.4. The number of nitriles is 1. The van der Waals surface area contributed by atoms with E-state index in [1.807, 2.05) is 12.1 Å². The lowest BCUT2D eigenvalue weighted by Gasteiger charge is -2.12. The summed E-state index contributed by atoms with van der Waals surface area (Å²) >= 11 is 12.4. The third kappa shape index (κ3) is 2.16. The molecule has 2 aromatic carbocycles. The van der Waals surface area contributed by atoms with Crippen molar-refractivity contribution in [1.82, 2.24) is 0 Å². The second-order valence-corrected chi connectivity index (χ2v) is 7.72. The van der Waals surface area contributed by atoms with Crippen molar-refractivity contribution in [2.24, 2.45) is 10.8 Å². The molecule has 2 aromatic rings. The van der Waals surface area contributed by atoms with Crippen LogP contribution in [-0.4, -0.2) is 18.4 Å². The molecule has 1 spiro atoms. The lowest BCUT2D eigenvalue weighted by molar-refractivity contribution is -0.148. The van der Waals surface area contributed by atoms with Gasteiger partial charge in [-0.1, -0.05) is 53.5 Å². The van der Waals surface area contributed by atoms with Gasteiger partial charge < -0.3 is 4.74 Å². The molecule has 0 aromatic heterocycles. The summed E-state index contributed by atoms with van der Waals surface area (Å²) in [6.45, 7) is 1.80. The van der Waals surface area contributed by atoms with Crippen molar-refractivity contribution < 1.29 is 14.3 Å². The number of ether oxygens (including phenoxy) is 1. The molecular formula is C21H15Cl2NO3. The summed E-state index contributed by atoms with van der Waals surface area (Å²) in [6.07, 6.45) is 0.304. The topological polar surface area (TPSA) is 67.2 Å². The molecule has 27 heavy (non-hydrogen) atoms. The Morgan fingerprint density at radius 2 is 2.04 bits per heavy atom. The van der Waals surface area contributed by atoms with Crippen molar-refractivity contribution >= 4 is 35.0 Å². The van der Waals surface area contributed by atoms with Crippen molar-refractivity contribution in [3.8, 4) is 6.07 Å². The Kier molecular flexibility index (Phi) is 4.06. The minimum absolute atomic E-state index is 0.126. The van der Waals surface area contributed by atoms with Crippen molar-refractivity contribution in [2.75, 3.05) is 6.61 Å². The first-order valence-electron chi connectivity index (χ1n) is 8.60. The number of hydrogen-bond donors (Lipinski definition) is 0. The van der Waals surface area contributed by atoms with Crippen LogP contribution < -0.4 is 0 Å². The molecule has 0 bridgehead atoms.